The largest absolute Gasteiger partial charge is 0.449 e. The molecule has 1 aliphatic carbocycles. The summed E-state index contributed by atoms with van der Waals surface area (Å²) in [5.74, 6) is -2.21. The lowest BCUT2D eigenvalue weighted by molar-refractivity contribution is -0.151. The van der Waals surface area contributed by atoms with E-state index in [0.29, 0.717) is 4.90 Å². The molecule has 31 heavy (non-hydrogen) atoms. The van der Waals surface area contributed by atoms with Crippen LogP contribution in [0.5, 0.6) is 0 Å². The fourth-order valence-electron chi connectivity index (χ4n) is 4.24. The van der Waals surface area contributed by atoms with Gasteiger partial charge in [-0.2, -0.15) is 0 Å². The van der Waals surface area contributed by atoms with Crippen LogP contribution in [0.4, 0.5) is 4.79 Å². The summed E-state index contributed by atoms with van der Waals surface area (Å²) in [7, 11) is 0. The zero-order chi connectivity index (χ0) is 22.1. The molecule has 0 saturated carbocycles. The lowest BCUT2D eigenvalue weighted by Gasteiger charge is -2.24. The Bertz CT molecular complexity index is 1000. The smallest absolute Gasteiger partial charge is 0.407 e. The van der Waals surface area contributed by atoms with Crippen molar-refractivity contribution in [3.8, 4) is 11.1 Å². The number of fused-ring (bicyclic) bond motifs is 3. The molecule has 1 fully saturated rings. The van der Waals surface area contributed by atoms with Gasteiger partial charge in [0.1, 0.15) is 12.6 Å². The van der Waals surface area contributed by atoms with E-state index in [9.17, 15) is 19.2 Å². The topological polar surface area (TPSA) is 92.8 Å². The monoisotopic (exact) mass is 420 g/mol. The van der Waals surface area contributed by atoms with Gasteiger partial charge in [0.05, 0.1) is 0 Å². The highest BCUT2D eigenvalue weighted by Gasteiger charge is 2.40. The summed E-state index contributed by atoms with van der Waals surface area (Å²) < 4.78 is 5.50. The van der Waals surface area contributed by atoms with Gasteiger partial charge in [-0.3, -0.25) is 14.4 Å². The van der Waals surface area contributed by atoms with Gasteiger partial charge in [0.2, 0.25) is 11.8 Å². The molecule has 2 aliphatic rings. The van der Waals surface area contributed by atoms with E-state index in [1.807, 2.05) is 48.5 Å². The summed E-state index contributed by atoms with van der Waals surface area (Å²) in [6, 6.07) is 15.0. The fourth-order valence-corrected chi connectivity index (χ4v) is 4.24. The molecule has 2 aromatic rings. The molecule has 1 heterocycles. The summed E-state index contributed by atoms with van der Waals surface area (Å²) >= 11 is 0. The van der Waals surface area contributed by atoms with Crippen LogP contribution in [0.25, 0.3) is 11.1 Å². The van der Waals surface area contributed by atoms with Crippen LogP contribution < -0.4 is 5.32 Å². The summed E-state index contributed by atoms with van der Waals surface area (Å²) in [5, 5.41) is 2.55. The molecule has 0 radical (unpaired) electrons. The van der Waals surface area contributed by atoms with Crippen LogP contribution in [0.1, 0.15) is 43.7 Å². The van der Waals surface area contributed by atoms with Gasteiger partial charge < -0.3 is 10.1 Å². The molecule has 2 aromatic carbocycles. The highest BCUT2D eigenvalue weighted by Crippen LogP contribution is 2.44. The predicted molar refractivity (Wildman–Crippen MR) is 113 cm³/mol. The van der Waals surface area contributed by atoms with E-state index in [1.54, 1.807) is 13.8 Å². The second-order valence-corrected chi connectivity index (χ2v) is 8.15. The molecule has 4 amide bonds. The molecule has 7 heteroatoms. The number of likely N-dealkylation sites (tertiary alicyclic amines) is 1. The van der Waals surface area contributed by atoms with Crippen LogP contribution in [0.15, 0.2) is 48.5 Å². The number of nitrogens with zero attached hydrogens (tertiary/aromatic N) is 1. The van der Waals surface area contributed by atoms with Gasteiger partial charge >= 0.3 is 6.09 Å². The van der Waals surface area contributed by atoms with Crippen molar-refractivity contribution in [2.75, 3.05) is 6.61 Å². The molecule has 0 aromatic heterocycles. The third-order valence-electron chi connectivity index (χ3n) is 5.82. The van der Waals surface area contributed by atoms with Gasteiger partial charge in [-0.1, -0.05) is 62.4 Å². The van der Waals surface area contributed by atoms with Gasteiger partial charge in [0, 0.05) is 18.8 Å². The minimum Gasteiger partial charge on any atom is -0.449 e. The molecule has 1 atom stereocenters. The van der Waals surface area contributed by atoms with E-state index < -0.39 is 29.9 Å². The Morgan fingerprint density at radius 2 is 1.48 bits per heavy atom. The van der Waals surface area contributed by atoms with Crippen LogP contribution in [0, 0.1) is 5.92 Å². The molecule has 7 nitrogen and oxygen atoms in total. The van der Waals surface area contributed by atoms with Crippen LogP contribution in [0.2, 0.25) is 0 Å². The quantitative estimate of drug-likeness (QED) is 0.750. The van der Waals surface area contributed by atoms with E-state index in [0.717, 1.165) is 22.3 Å². The van der Waals surface area contributed by atoms with E-state index >= 15 is 0 Å². The molecule has 4 rings (SSSR count). The van der Waals surface area contributed by atoms with Crippen molar-refractivity contribution in [1.29, 1.82) is 0 Å². The number of benzene rings is 2. The number of carbonyl (C=O) groups is 4. The van der Waals surface area contributed by atoms with Gasteiger partial charge in [0.25, 0.3) is 5.91 Å². The average molecular weight is 420 g/mol. The minimum atomic E-state index is -1.03. The Morgan fingerprint density at radius 3 is 2.00 bits per heavy atom. The number of rotatable bonds is 5. The Labute approximate surface area is 180 Å². The van der Waals surface area contributed by atoms with Crippen molar-refractivity contribution in [3.05, 3.63) is 59.7 Å². The number of nitrogens with one attached hydrogen (secondary N) is 1. The first-order valence-corrected chi connectivity index (χ1v) is 10.4. The summed E-state index contributed by atoms with van der Waals surface area (Å²) in [4.78, 5) is 49.8. The molecule has 1 N–H and O–H groups in total. The number of amides is 4. The highest BCUT2D eigenvalue weighted by molar-refractivity contribution is 6.16. The zero-order valence-electron chi connectivity index (χ0n) is 17.5. The first kappa shape index (κ1) is 20.8. The number of alkyl carbamates (subject to hydrolysis) is 1. The van der Waals surface area contributed by atoms with Crippen molar-refractivity contribution in [1.82, 2.24) is 10.2 Å². The normalized spacial score (nSPS) is 16.3. The maximum Gasteiger partial charge on any atom is 0.407 e. The van der Waals surface area contributed by atoms with Gasteiger partial charge in [-0.25, -0.2) is 9.69 Å². The predicted octanol–water partition coefficient (Wildman–Crippen LogP) is 3.23. The number of carbonyl (C=O) groups excluding carboxylic acids is 4. The third-order valence-corrected chi connectivity index (χ3v) is 5.82. The molecule has 1 aliphatic heterocycles. The SMILES string of the molecule is CC(C)[C@H](NC(=O)OCC1c2ccccc2-c2ccccc21)C(=O)N1C(=O)CCC1=O. The molecule has 0 unspecified atom stereocenters. The average Bonchev–Trinajstić information content (AvgIpc) is 3.26. The Morgan fingerprint density at radius 1 is 0.968 bits per heavy atom. The Kier molecular flexibility index (Phi) is 5.59. The lowest BCUT2D eigenvalue weighted by Crippen LogP contribution is -2.52. The second kappa shape index (κ2) is 8.34. The number of ether oxygens (including phenoxy) is 1. The molecule has 0 bridgehead atoms. The first-order valence-electron chi connectivity index (χ1n) is 10.4. The molecular formula is C24H24N2O5. The maximum atomic E-state index is 12.7. The van der Waals surface area contributed by atoms with Crippen LogP contribution in [-0.4, -0.2) is 41.4 Å². The van der Waals surface area contributed by atoms with Crippen molar-refractivity contribution >= 4 is 23.8 Å². The highest BCUT2D eigenvalue weighted by atomic mass is 16.5. The molecule has 0 spiro atoms. The first-order chi connectivity index (χ1) is 14.9. The van der Waals surface area contributed by atoms with Crippen molar-refractivity contribution in [2.24, 2.45) is 5.92 Å². The van der Waals surface area contributed by atoms with Crippen LogP contribution in [0.3, 0.4) is 0 Å². The zero-order valence-corrected chi connectivity index (χ0v) is 17.5. The summed E-state index contributed by atoms with van der Waals surface area (Å²) in [5.41, 5.74) is 4.41. The van der Waals surface area contributed by atoms with E-state index in [-0.39, 0.29) is 31.3 Å². The van der Waals surface area contributed by atoms with Crippen molar-refractivity contribution < 1.29 is 23.9 Å². The summed E-state index contributed by atoms with van der Waals surface area (Å²) in [6.45, 7) is 3.58. The van der Waals surface area contributed by atoms with Gasteiger partial charge in [-0.05, 0) is 28.2 Å². The Balaban J connectivity index is 1.45. The van der Waals surface area contributed by atoms with E-state index in [4.69, 9.17) is 4.74 Å². The molecular weight excluding hydrogens is 396 g/mol. The van der Waals surface area contributed by atoms with Gasteiger partial charge in [0.15, 0.2) is 0 Å². The van der Waals surface area contributed by atoms with Crippen LogP contribution in [-0.2, 0) is 19.1 Å². The molecule has 160 valence electrons. The molecule has 1 saturated heterocycles. The lowest BCUT2D eigenvalue weighted by atomic mass is 9.98. The second-order valence-electron chi connectivity index (χ2n) is 8.15. The van der Waals surface area contributed by atoms with Crippen molar-refractivity contribution in [3.63, 3.8) is 0 Å². The summed E-state index contributed by atoms with van der Waals surface area (Å²) in [6.07, 6.45) is -0.728. The van der Waals surface area contributed by atoms with E-state index in [1.165, 1.54) is 0 Å². The minimum absolute atomic E-state index is 0.0142. The number of imide groups is 3. The Hall–Kier alpha value is -3.48. The number of hydrogen-bond acceptors (Lipinski definition) is 5. The van der Waals surface area contributed by atoms with Crippen LogP contribution >= 0.6 is 0 Å². The standard InChI is InChI=1S/C24H24N2O5/c1-14(2)22(23(29)26-20(27)11-12-21(26)28)25-24(30)31-13-19-17-9-5-3-7-15(17)16-8-4-6-10-18(16)19/h3-10,14,19,22H,11-13H2,1-2H3,(H,25,30)/t22-/m0/s1. The fraction of sp³-hybridized carbons (Fsp3) is 0.333. The third kappa shape index (κ3) is 3.83. The number of hydrogen-bond donors (Lipinski definition) is 1. The van der Waals surface area contributed by atoms with Crippen molar-refractivity contribution in [2.45, 2.75) is 38.6 Å². The maximum absolute atomic E-state index is 12.7. The van der Waals surface area contributed by atoms with E-state index in [2.05, 4.69) is 5.32 Å². The van der Waals surface area contributed by atoms with Gasteiger partial charge in [-0.15, -0.1) is 0 Å².